The summed E-state index contributed by atoms with van der Waals surface area (Å²) < 4.78 is 0. The van der Waals surface area contributed by atoms with E-state index in [4.69, 9.17) is 10.2 Å². The number of carbonyl (C=O) groups excluding carboxylic acids is 1. The molecule has 0 aromatic heterocycles. The molecular formula is C12H22O3. The second-order valence-electron chi connectivity index (χ2n) is 3.82. The molecular weight excluding hydrogens is 192 g/mol. The van der Waals surface area contributed by atoms with Gasteiger partial charge in [0.15, 0.2) is 5.78 Å². The van der Waals surface area contributed by atoms with Crippen LogP contribution in [0.4, 0.5) is 0 Å². The molecule has 0 fully saturated rings. The highest BCUT2D eigenvalue weighted by molar-refractivity contribution is 5.90. The number of hydrogen-bond acceptors (Lipinski definition) is 3. The number of aliphatic hydroxyl groups is 2. The van der Waals surface area contributed by atoms with E-state index in [9.17, 15) is 4.79 Å². The number of hydrogen-bond donors (Lipinski definition) is 2. The SMILES string of the molecule is C/C(=C\C(=O)CCCCO)CCCCO. The van der Waals surface area contributed by atoms with Crippen molar-refractivity contribution < 1.29 is 15.0 Å². The standard InChI is InChI=1S/C12H22O3/c1-11(6-2-4-8-13)10-12(15)7-3-5-9-14/h10,13-14H,2-9H2,1H3/b11-10+. The molecule has 0 saturated heterocycles. The second kappa shape index (κ2) is 9.87. The van der Waals surface area contributed by atoms with Gasteiger partial charge >= 0.3 is 0 Å². The van der Waals surface area contributed by atoms with Crippen LogP contribution in [0, 0.1) is 0 Å². The molecule has 0 heterocycles. The van der Waals surface area contributed by atoms with Crippen molar-refractivity contribution in [3.05, 3.63) is 11.6 Å². The lowest BCUT2D eigenvalue weighted by Crippen LogP contribution is -1.96. The van der Waals surface area contributed by atoms with Gasteiger partial charge in [-0.3, -0.25) is 4.79 Å². The first-order valence-electron chi connectivity index (χ1n) is 5.62. The smallest absolute Gasteiger partial charge is 0.155 e. The van der Waals surface area contributed by atoms with E-state index in [1.54, 1.807) is 6.08 Å². The molecule has 2 N–H and O–H groups in total. The Bertz CT molecular complexity index is 197. The van der Waals surface area contributed by atoms with E-state index in [2.05, 4.69) is 0 Å². The molecule has 0 aliphatic rings. The summed E-state index contributed by atoms with van der Waals surface area (Å²) in [5, 5.41) is 17.1. The lowest BCUT2D eigenvalue weighted by atomic mass is 10.1. The van der Waals surface area contributed by atoms with Crippen molar-refractivity contribution in [1.82, 2.24) is 0 Å². The first-order chi connectivity index (χ1) is 7.20. The Kier molecular flexibility index (Phi) is 9.43. The summed E-state index contributed by atoms with van der Waals surface area (Å²) >= 11 is 0. The van der Waals surface area contributed by atoms with Crippen LogP contribution in [-0.2, 0) is 4.79 Å². The molecule has 0 rings (SSSR count). The van der Waals surface area contributed by atoms with Gasteiger partial charge < -0.3 is 10.2 Å². The Balaban J connectivity index is 3.65. The quantitative estimate of drug-likeness (QED) is 0.455. The monoisotopic (exact) mass is 214 g/mol. The topological polar surface area (TPSA) is 57.5 Å². The second-order valence-corrected chi connectivity index (χ2v) is 3.82. The zero-order chi connectivity index (χ0) is 11.5. The number of unbranched alkanes of at least 4 members (excludes halogenated alkanes) is 2. The van der Waals surface area contributed by atoms with Crippen molar-refractivity contribution in [3.63, 3.8) is 0 Å². The highest BCUT2D eigenvalue weighted by atomic mass is 16.3. The van der Waals surface area contributed by atoms with Crippen LogP contribution in [0.15, 0.2) is 11.6 Å². The Morgan fingerprint density at radius 2 is 1.53 bits per heavy atom. The third kappa shape index (κ3) is 9.63. The van der Waals surface area contributed by atoms with Gasteiger partial charge in [0, 0.05) is 19.6 Å². The number of ketones is 1. The fourth-order valence-electron chi connectivity index (χ4n) is 1.35. The maximum atomic E-state index is 11.4. The highest BCUT2D eigenvalue weighted by Gasteiger charge is 1.99. The highest BCUT2D eigenvalue weighted by Crippen LogP contribution is 2.07. The third-order valence-corrected chi connectivity index (χ3v) is 2.22. The Morgan fingerprint density at radius 1 is 1.00 bits per heavy atom. The van der Waals surface area contributed by atoms with E-state index in [1.165, 1.54) is 0 Å². The molecule has 0 bridgehead atoms. The van der Waals surface area contributed by atoms with E-state index in [1.807, 2.05) is 6.92 Å². The molecule has 88 valence electrons. The lowest BCUT2D eigenvalue weighted by molar-refractivity contribution is -0.114. The minimum Gasteiger partial charge on any atom is -0.396 e. The van der Waals surface area contributed by atoms with Gasteiger partial charge in [-0.05, 0) is 45.1 Å². The summed E-state index contributed by atoms with van der Waals surface area (Å²) in [5.74, 6) is 0.143. The molecule has 0 spiro atoms. The van der Waals surface area contributed by atoms with Gasteiger partial charge in [0.1, 0.15) is 0 Å². The number of carbonyl (C=O) groups is 1. The fraction of sp³-hybridized carbons (Fsp3) is 0.750. The predicted molar refractivity (Wildman–Crippen MR) is 60.6 cm³/mol. The lowest BCUT2D eigenvalue weighted by Gasteiger charge is -2.00. The van der Waals surface area contributed by atoms with Gasteiger partial charge in [-0.2, -0.15) is 0 Å². The average Bonchev–Trinajstić information content (AvgIpc) is 2.18. The maximum absolute atomic E-state index is 11.4. The van der Waals surface area contributed by atoms with E-state index in [0.29, 0.717) is 12.8 Å². The van der Waals surface area contributed by atoms with Gasteiger partial charge in [-0.1, -0.05) is 5.57 Å². The molecule has 0 unspecified atom stereocenters. The van der Waals surface area contributed by atoms with Crippen molar-refractivity contribution in [3.8, 4) is 0 Å². The molecule has 15 heavy (non-hydrogen) atoms. The number of allylic oxidation sites excluding steroid dienone is 2. The molecule has 3 nitrogen and oxygen atoms in total. The summed E-state index contributed by atoms with van der Waals surface area (Å²) in [6.45, 7) is 2.32. The van der Waals surface area contributed by atoms with Gasteiger partial charge in [0.05, 0.1) is 0 Å². The van der Waals surface area contributed by atoms with Crippen LogP contribution in [-0.4, -0.2) is 29.2 Å². The van der Waals surface area contributed by atoms with Crippen LogP contribution < -0.4 is 0 Å². The molecule has 0 aromatic carbocycles. The summed E-state index contributed by atoms with van der Waals surface area (Å²) in [4.78, 5) is 11.4. The largest absolute Gasteiger partial charge is 0.396 e. The van der Waals surface area contributed by atoms with Gasteiger partial charge in [0.25, 0.3) is 0 Å². The molecule has 0 aliphatic heterocycles. The minimum atomic E-state index is 0.143. The molecule has 0 aromatic rings. The van der Waals surface area contributed by atoms with E-state index < -0.39 is 0 Å². The predicted octanol–water partition coefficient (Wildman–Crippen LogP) is 1.83. The molecule has 0 aliphatic carbocycles. The zero-order valence-corrected chi connectivity index (χ0v) is 9.54. The zero-order valence-electron chi connectivity index (χ0n) is 9.54. The fourth-order valence-corrected chi connectivity index (χ4v) is 1.35. The van der Waals surface area contributed by atoms with Crippen LogP contribution in [0.3, 0.4) is 0 Å². The van der Waals surface area contributed by atoms with Crippen molar-refractivity contribution >= 4 is 5.78 Å². The van der Waals surface area contributed by atoms with Gasteiger partial charge in [-0.15, -0.1) is 0 Å². The van der Waals surface area contributed by atoms with Crippen molar-refractivity contribution in [2.75, 3.05) is 13.2 Å². The summed E-state index contributed by atoms with van der Waals surface area (Å²) in [6.07, 6.45) is 6.28. The number of rotatable bonds is 9. The first-order valence-corrected chi connectivity index (χ1v) is 5.62. The van der Waals surface area contributed by atoms with Crippen LogP contribution in [0.5, 0.6) is 0 Å². The average molecular weight is 214 g/mol. The summed E-state index contributed by atoms with van der Waals surface area (Å²) in [7, 11) is 0. The Hall–Kier alpha value is -0.670. The van der Waals surface area contributed by atoms with Crippen molar-refractivity contribution in [2.24, 2.45) is 0 Å². The molecule has 0 amide bonds. The maximum Gasteiger partial charge on any atom is 0.155 e. The molecule has 3 heteroatoms. The van der Waals surface area contributed by atoms with Crippen LogP contribution in [0.2, 0.25) is 0 Å². The van der Waals surface area contributed by atoms with Crippen molar-refractivity contribution in [2.45, 2.75) is 45.4 Å². The minimum absolute atomic E-state index is 0.143. The third-order valence-electron chi connectivity index (χ3n) is 2.22. The van der Waals surface area contributed by atoms with Crippen LogP contribution in [0.1, 0.15) is 45.4 Å². The van der Waals surface area contributed by atoms with E-state index >= 15 is 0 Å². The molecule has 0 atom stereocenters. The van der Waals surface area contributed by atoms with Crippen LogP contribution in [0.25, 0.3) is 0 Å². The van der Waals surface area contributed by atoms with Gasteiger partial charge in [-0.25, -0.2) is 0 Å². The molecule has 0 radical (unpaired) electrons. The number of aliphatic hydroxyl groups excluding tert-OH is 2. The van der Waals surface area contributed by atoms with E-state index in [0.717, 1.165) is 31.3 Å². The summed E-state index contributed by atoms with van der Waals surface area (Å²) in [5.41, 5.74) is 1.08. The summed E-state index contributed by atoms with van der Waals surface area (Å²) in [6, 6.07) is 0. The molecule has 0 saturated carbocycles. The van der Waals surface area contributed by atoms with E-state index in [-0.39, 0.29) is 19.0 Å². The Labute approximate surface area is 91.8 Å². The Morgan fingerprint density at radius 3 is 2.07 bits per heavy atom. The normalized spacial score (nSPS) is 11.8. The van der Waals surface area contributed by atoms with Gasteiger partial charge in [0.2, 0.25) is 0 Å². The first kappa shape index (κ1) is 14.3. The van der Waals surface area contributed by atoms with Crippen LogP contribution >= 0.6 is 0 Å². The van der Waals surface area contributed by atoms with Crippen molar-refractivity contribution in [1.29, 1.82) is 0 Å².